The van der Waals surface area contributed by atoms with Gasteiger partial charge in [0, 0.05) is 11.1 Å². The van der Waals surface area contributed by atoms with Crippen molar-refractivity contribution in [2.24, 2.45) is 5.73 Å². The molecule has 72 heavy (non-hydrogen) atoms. The summed E-state index contributed by atoms with van der Waals surface area (Å²) in [5.74, 6) is 0. The molecule has 2 aliphatic carbocycles. The Balaban J connectivity index is 0.000000761. The standard InChI is InChI=1S/C62H55N.C9H10/c1-4-5-6-11-31-56-32-20-21-37-60(56)62(44-22-9-10-24-49(3)63)48(2)45-58-34-19-17-30-54(58)42-43-57-33-18-16-29-53(28-14-8-15-36-61(57)62)59-35-23-25-51(47-59)46-50-38-40-55(41-39-50)52-26-12-7-13-27-52;1-2-6-9-7-4-3-5-8-9/h4-42,45,47H,1-3,43-44,46,63H2;2-8H,1H3/b6-5-,14-8+,15-8?,18-16?,22-9-,24-10-,28-14?,29-16-,31-11-,33-18-,36-15+,53-28+,53-29?,54-42-,57-33?,58-45-,61-36?,61-57-;6-2-. The van der Waals surface area contributed by atoms with Crippen molar-refractivity contribution in [3.05, 3.63) is 353 Å². The normalized spacial score (nSPS) is 20.3. The molecular formula is C71H65N. The maximum Gasteiger partial charge on any atom is 0.0488 e. The van der Waals surface area contributed by atoms with E-state index in [1.807, 2.05) is 55.5 Å². The highest BCUT2D eigenvalue weighted by Gasteiger charge is 2.39. The summed E-state index contributed by atoms with van der Waals surface area (Å²) in [6.07, 6.45) is 48.8. The predicted octanol–water partition coefficient (Wildman–Crippen LogP) is 16.5. The summed E-state index contributed by atoms with van der Waals surface area (Å²) in [5, 5.41) is 2.32. The van der Waals surface area contributed by atoms with E-state index in [-0.39, 0.29) is 0 Å². The monoisotopic (exact) mass is 932 g/mol. The Hall–Kier alpha value is -8.78. The van der Waals surface area contributed by atoms with Gasteiger partial charge in [-0.1, -0.05) is 305 Å². The molecular weight excluding hydrogens is 867 g/mol. The first-order chi connectivity index (χ1) is 35.4. The van der Waals surface area contributed by atoms with Gasteiger partial charge in [0.15, 0.2) is 0 Å². The molecule has 2 N–H and O–H groups in total. The summed E-state index contributed by atoms with van der Waals surface area (Å²) in [4.78, 5) is 0. The Labute approximate surface area is 429 Å². The summed E-state index contributed by atoms with van der Waals surface area (Å²) in [7, 11) is 0. The summed E-state index contributed by atoms with van der Waals surface area (Å²) in [6, 6.07) is 55.9. The molecule has 0 aromatic heterocycles. The van der Waals surface area contributed by atoms with Gasteiger partial charge in [0.05, 0.1) is 0 Å². The summed E-state index contributed by atoms with van der Waals surface area (Å²) in [6.45, 7) is 14.7. The minimum atomic E-state index is -0.667. The molecule has 0 saturated heterocycles. The molecule has 6 aromatic rings. The molecule has 0 fully saturated rings. The molecule has 1 atom stereocenters. The average molecular weight is 932 g/mol. The van der Waals surface area contributed by atoms with Crippen molar-refractivity contribution < 1.29 is 0 Å². The van der Waals surface area contributed by atoms with Crippen LogP contribution in [0.2, 0.25) is 0 Å². The maximum atomic E-state index is 5.92. The highest BCUT2D eigenvalue weighted by atomic mass is 14.5. The van der Waals surface area contributed by atoms with E-state index in [1.54, 1.807) is 6.08 Å². The van der Waals surface area contributed by atoms with Crippen molar-refractivity contribution in [1.82, 2.24) is 0 Å². The maximum absolute atomic E-state index is 5.92. The molecule has 354 valence electrons. The lowest BCUT2D eigenvalue weighted by molar-refractivity contribution is 0.626. The van der Waals surface area contributed by atoms with E-state index in [1.165, 1.54) is 49.7 Å². The summed E-state index contributed by atoms with van der Waals surface area (Å²) >= 11 is 0. The Morgan fingerprint density at radius 1 is 0.611 bits per heavy atom. The fourth-order valence-corrected chi connectivity index (χ4v) is 9.08. The van der Waals surface area contributed by atoms with E-state index < -0.39 is 5.41 Å². The molecule has 6 aromatic carbocycles. The van der Waals surface area contributed by atoms with Gasteiger partial charge in [-0.15, -0.1) is 0 Å². The zero-order chi connectivity index (χ0) is 50.2. The van der Waals surface area contributed by atoms with Crippen LogP contribution in [0.1, 0.15) is 53.1 Å². The van der Waals surface area contributed by atoms with Crippen molar-refractivity contribution in [3.8, 4) is 11.1 Å². The molecule has 0 saturated carbocycles. The molecule has 0 bridgehead atoms. The van der Waals surface area contributed by atoms with Crippen LogP contribution in [-0.2, 0) is 11.8 Å². The second-order valence-corrected chi connectivity index (χ2v) is 17.6. The lowest BCUT2D eigenvalue weighted by Gasteiger charge is -2.39. The van der Waals surface area contributed by atoms with E-state index in [2.05, 4.69) is 250 Å². The van der Waals surface area contributed by atoms with Gasteiger partial charge in [-0.2, -0.15) is 0 Å². The van der Waals surface area contributed by atoms with Crippen molar-refractivity contribution in [3.63, 3.8) is 0 Å². The second kappa shape index (κ2) is 26.8. The van der Waals surface area contributed by atoms with Gasteiger partial charge in [0.1, 0.15) is 0 Å². The predicted molar refractivity (Wildman–Crippen MR) is 315 cm³/mol. The van der Waals surface area contributed by atoms with Crippen LogP contribution in [0.3, 0.4) is 0 Å². The molecule has 0 heterocycles. The Kier molecular flexibility index (Phi) is 19.0. The number of benzene rings is 6. The van der Waals surface area contributed by atoms with E-state index >= 15 is 0 Å². The highest BCUT2D eigenvalue weighted by Crippen LogP contribution is 2.47. The number of nitrogens with two attached hydrogens (primary N) is 1. The Bertz CT molecular complexity index is 3300. The molecule has 2 aliphatic rings. The van der Waals surface area contributed by atoms with Crippen LogP contribution >= 0.6 is 0 Å². The van der Waals surface area contributed by atoms with Gasteiger partial charge >= 0.3 is 0 Å². The summed E-state index contributed by atoms with van der Waals surface area (Å²) < 4.78 is 0. The lowest BCUT2D eigenvalue weighted by Crippen LogP contribution is -2.32. The van der Waals surface area contributed by atoms with Crippen LogP contribution in [0.5, 0.6) is 0 Å². The zero-order valence-corrected chi connectivity index (χ0v) is 41.5. The number of allylic oxidation sites excluding steroid dienone is 22. The molecule has 8 rings (SSSR count). The number of fused-ring (bicyclic) bond motifs is 1. The fraction of sp³-hybridized carbons (Fsp3) is 0.0704. The van der Waals surface area contributed by atoms with Gasteiger partial charge < -0.3 is 5.73 Å². The third-order valence-electron chi connectivity index (χ3n) is 12.6. The minimum absolute atomic E-state index is 0.511. The van der Waals surface area contributed by atoms with Gasteiger partial charge in [-0.05, 0) is 109 Å². The van der Waals surface area contributed by atoms with Crippen molar-refractivity contribution in [2.45, 2.75) is 31.6 Å². The largest absolute Gasteiger partial charge is 0.399 e. The lowest BCUT2D eigenvalue weighted by atomic mass is 9.63. The topological polar surface area (TPSA) is 26.0 Å². The summed E-state index contributed by atoms with van der Waals surface area (Å²) in [5.41, 5.74) is 20.0. The van der Waals surface area contributed by atoms with Crippen LogP contribution in [0, 0.1) is 0 Å². The van der Waals surface area contributed by atoms with Gasteiger partial charge in [0.2, 0.25) is 0 Å². The van der Waals surface area contributed by atoms with Gasteiger partial charge in [-0.25, -0.2) is 0 Å². The van der Waals surface area contributed by atoms with Crippen LogP contribution < -0.4 is 16.2 Å². The Morgan fingerprint density at radius 2 is 1.31 bits per heavy atom. The first kappa shape index (κ1) is 51.1. The molecule has 0 aliphatic heterocycles. The smallest absolute Gasteiger partial charge is 0.0488 e. The first-order valence-corrected chi connectivity index (χ1v) is 24.7. The molecule has 1 unspecified atom stereocenters. The van der Waals surface area contributed by atoms with Crippen molar-refractivity contribution in [2.75, 3.05) is 0 Å². The van der Waals surface area contributed by atoms with E-state index in [0.717, 1.165) is 40.3 Å². The third kappa shape index (κ3) is 14.2. The molecule has 1 heteroatoms. The van der Waals surface area contributed by atoms with E-state index in [9.17, 15) is 0 Å². The van der Waals surface area contributed by atoms with Crippen molar-refractivity contribution >= 4 is 29.9 Å². The van der Waals surface area contributed by atoms with Crippen molar-refractivity contribution in [1.29, 1.82) is 0 Å². The molecule has 1 nitrogen and oxygen atoms in total. The number of rotatable bonds is 13. The van der Waals surface area contributed by atoms with Crippen LogP contribution in [-0.4, -0.2) is 0 Å². The third-order valence-corrected chi connectivity index (χ3v) is 12.6. The van der Waals surface area contributed by atoms with Gasteiger partial charge in [-0.3, -0.25) is 0 Å². The molecule has 0 spiro atoms. The SMILES string of the molecule is C/C=C\c1ccccc1.C=C/C=C\C=C/c1ccccc1C1(C/C=C\C=C/C(=C)N)C(=C)/C=c2/cccc/c2=C/CC2=C1/C=C/C=C/C=C(c1cccc(Cc3ccc(-c4ccccc4)cc3)c1)\C=C/C=C\2. The van der Waals surface area contributed by atoms with E-state index in [0.29, 0.717) is 12.1 Å². The second-order valence-electron chi connectivity index (χ2n) is 17.6. The molecule has 0 amide bonds. The number of hydrogen-bond donors (Lipinski definition) is 1. The quantitative estimate of drug-likeness (QED) is 0.115. The van der Waals surface area contributed by atoms with E-state index in [4.69, 9.17) is 12.3 Å². The highest BCUT2D eigenvalue weighted by molar-refractivity contribution is 5.77. The Morgan fingerprint density at radius 3 is 2.08 bits per heavy atom. The van der Waals surface area contributed by atoms with Crippen LogP contribution in [0.25, 0.3) is 41.0 Å². The fourth-order valence-electron chi connectivity index (χ4n) is 9.08. The average Bonchev–Trinajstić information content (AvgIpc) is 3.44. The van der Waals surface area contributed by atoms with Gasteiger partial charge in [0.25, 0.3) is 0 Å². The zero-order valence-electron chi connectivity index (χ0n) is 41.5. The van der Waals surface area contributed by atoms with Crippen LogP contribution in [0.4, 0.5) is 0 Å². The first-order valence-electron chi connectivity index (χ1n) is 24.7. The number of hydrogen-bond acceptors (Lipinski definition) is 1. The van der Waals surface area contributed by atoms with Crippen LogP contribution in [0.15, 0.2) is 309 Å². The molecule has 0 radical (unpaired) electrons. The minimum Gasteiger partial charge on any atom is -0.399 e.